The topological polar surface area (TPSA) is 116 Å². The highest BCUT2D eigenvalue weighted by Crippen LogP contribution is 2.41. The fourth-order valence-corrected chi connectivity index (χ4v) is 7.37. The molecule has 0 saturated carbocycles. The first-order valence-electron chi connectivity index (χ1n) is 16.8. The van der Waals surface area contributed by atoms with Crippen LogP contribution in [0.2, 0.25) is 5.02 Å². The third-order valence-electron chi connectivity index (χ3n) is 9.48. The number of benzene rings is 3. The van der Waals surface area contributed by atoms with Crippen LogP contribution in [0.25, 0.3) is 11.3 Å². The van der Waals surface area contributed by atoms with Gasteiger partial charge in [-0.05, 0) is 48.7 Å². The van der Waals surface area contributed by atoms with Crippen LogP contribution in [0, 0.1) is 0 Å². The van der Waals surface area contributed by atoms with Crippen LogP contribution in [0.5, 0.6) is 11.5 Å². The molecule has 3 aliphatic heterocycles. The van der Waals surface area contributed by atoms with E-state index in [1.165, 1.54) is 0 Å². The van der Waals surface area contributed by atoms with Crippen molar-refractivity contribution in [2.45, 2.75) is 50.5 Å². The van der Waals surface area contributed by atoms with Crippen molar-refractivity contribution in [2.75, 3.05) is 55.6 Å². The second kappa shape index (κ2) is 14.8. The Balaban J connectivity index is 0.992. The Morgan fingerprint density at radius 2 is 1.65 bits per heavy atom. The second-order valence-electron chi connectivity index (χ2n) is 12.7. The van der Waals surface area contributed by atoms with Crippen molar-refractivity contribution in [3.8, 4) is 22.8 Å². The molecule has 256 valence electrons. The van der Waals surface area contributed by atoms with Crippen LogP contribution in [0.15, 0.2) is 78.9 Å². The summed E-state index contributed by atoms with van der Waals surface area (Å²) in [6, 6.07) is 26.0. The Labute approximate surface area is 291 Å². The first-order valence-corrected chi connectivity index (χ1v) is 17.1. The SMILES string of the molecule is COCOc1ccccc1-c1cc(N2C[C@H]3CC[C@@H](C2)N3c2cc(Cl)cc(OC3CCN(C(=O)OCc4ccccc4)CC3)c2)c(N)nn1. The number of nitrogens with two attached hydrogens (primary N) is 1. The lowest BCUT2D eigenvalue weighted by Crippen LogP contribution is -2.54. The van der Waals surface area contributed by atoms with Gasteiger partial charge in [-0.15, -0.1) is 10.2 Å². The first kappa shape index (κ1) is 32.8. The quantitative estimate of drug-likeness (QED) is 0.188. The molecule has 1 amide bonds. The van der Waals surface area contributed by atoms with Gasteiger partial charge >= 0.3 is 6.09 Å². The maximum Gasteiger partial charge on any atom is 0.410 e. The van der Waals surface area contributed by atoms with E-state index in [2.05, 4.69) is 26.1 Å². The molecule has 3 saturated heterocycles. The number of para-hydroxylation sites is 1. The van der Waals surface area contributed by atoms with Crippen LogP contribution in [-0.2, 0) is 16.1 Å². The van der Waals surface area contributed by atoms with Crippen LogP contribution in [0.3, 0.4) is 0 Å². The minimum Gasteiger partial charge on any atom is -0.490 e. The molecule has 4 heterocycles. The molecule has 12 heteroatoms. The highest BCUT2D eigenvalue weighted by molar-refractivity contribution is 6.31. The third-order valence-corrected chi connectivity index (χ3v) is 9.70. The number of carbonyl (C=O) groups excluding carboxylic acids is 1. The highest BCUT2D eigenvalue weighted by Gasteiger charge is 2.41. The number of fused-ring (bicyclic) bond motifs is 2. The van der Waals surface area contributed by atoms with Gasteiger partial charge in [-0.2, -0.15) is 0 Å². The van der Waals surface area contributed by atoms with E-state index >= 15 is 0 Å². The van der Waals surface area contributed by atoms with E-state index in [1.807, 2.05) is 72.8 Å². The molecule has 0 unspecified atom stereocenters. The predicted molar refractivity (Wildman–Crippen MR) is 189 cm³/mol. The molecule has 2 atom stereocenters. The fraction of sp³-hybridized carbons (Fsp3) is 0.378. The second-order valence-corrected chi connectivity index (χ2v) is 13.2. The Morgan fingerprint density at radius 3 is 2.41 bits per heavy atom. The molecule has 2 N–H and O–H groups in total. The van der Waals surface area contributed by atoms with Gasteiger partial charge in [0.2, 0.25) is 0 Å². The zero-order valence-electron chi connectivity index (χ0n) is 27.5. The van der Waals surface area contributed by atoms with E-state index < -0.39 is 0 Å². The summed E-state index contributed by atoms with van der Waals surface area (Å²) in [5.41, 5.74) is 10.8. The molecule has 0 radical (unpaired) electrons. The number of nitrogens with zero attached hydrogens (tertiary/aromatic N) is 5. The average Bonchev–Trinajstić information content (AvgIpc) is 3.39. The molecular weight excluding hydrogens is 644 g/mol. The van der Waals surface area contributed by atoms with Crippen molar-refractivity contribution in [1.82, 2.24) is 15.1 Å². The molecule has 0 spiro atoms. The Kier molecular flexibility index (Phi) is 9.90. The summed E-state index contributed by atoms with van der Waals surface area (Å²) in [4.78, 5) is 19.2. The van der Waals surface area contributed by atoms with Crippen molar-refractivity contribution in [2.24, 2.45) is 0 Å². The molecule has 3 aliphatic rings. The predicted octanol–water partition coefficient (Wildman–Crippen LogP) is 6.40. The van der Waals surface area contributed by atoms with Crippen molar-refractivity contribution in [3.63, 3.8) is 0 Å². The summed E-state index contributed by atoms with van der Waals surface area (Å²) in [5.74, 6) is 1.82. The Morgan fingerprint density at radius 1 is 0.918 bits per heavy atom. The smallest absolute Gasteiger partial charge is 0.410 e. The molecule has 1 aromatic heterocycles. The number of halogens is 1. The van der Waals surface area contributed by atoms with Gasteiger partial charge in [-0.3, -0.25) is 0 Å². The van der Waals surface area contributed by atoms with Gasteiger partial charge in [0.05, 0.1) is 11.4 Å². The lowest BCUT2D eigenvalue weighted by molar-refractivity contribution is 0.0515. The van der Waals surface area contributed by atoms with Crippen LogP contribution in [0.4, 0.5) is 22.0 Å². The molecule has 0 aliphatic carbocycles. The van der Waals surface area contributed by atoms with E-state index in [0.717, 1.165) is 67.0 Å². The van der Waals surface area contributed by atoms with E-state index in [9.17, 15) is 4.79 Å². The Bertz CT molecular complexity index is 1740. The van der Waals surface area contributed by atoms with Crippen molar-refractivity contribution in [3.05, 3.63) is 89.4 Å². The standard InChI is InChI=1S/C37H41ClN6O5/c1-46-24-48-35-10-6-5-9-32(35)33-20-34(36(39)41-40-33)43-21-27-11-12-28(22-43)44(27)29-17-26(38)18-31(19-29)49-30-13-15-42(16-14-30)37(45)47-23-25-7-3-2-4-8-25/h2-10,17-20,27-28,30H,11-16,21-24H2,1H3,(H2,39,41)/t27-,28+. The van der Waals surface area contributed by atoms with Gasteiger partial charge < -0.3 is 39.4 Å². The summed E-state index contributed by atoms with van der Waals surface area (Å²) < 4.78 is 22.9. The minimum atomic E-state index is -0.289. The molecule has 2 bridgehead atoms. The summed E-state index contributed by atoms with van der Waals surface area (Å²) in [7, 11) is 1.59. The zero-order chi connectivity index (χ0) is 33.7. The number of piperidine rings is 1. The molecule has 4 aromatic rings. The van der Waals surface area contributed by atoms with Crippen LogP contribution in [0.1, 0.15) is 31.2 Å². The number of likely N-dealkylation sites (tertiary alicyclic amines) is 1. The number of methoxy groups -OCH3 is 1. The van der Waals surface area contributed by atoms with E-state index in [1.54, 1.807) is 12.0 Å². The number of hydrogen-bond donors (Lipinski definition) is 1. The zero-order valence-corrected chi connectivity index (χ0v) is 28.3. The highest BCUT2D eigenvalue weighted by atomic mass is 35.5. The number of carbonyl (C=O) groups is 1. The number of rotatable bonds is 10. The van der Waals surface area contributed by atoms with Crippen molar-refractivity contribution < 1.29 is 23.7 Å². The van der Waals surface area contributed by atoms with Gasteiger partial charge in [0.1, 0.15) is 24.2 Å². The monoisotopic (exact) mass is 684 g/mol. The summed E-state index contributed by atoms with van der Waals surface area (Å²) in [6.45, 7) is 3.14. The van der Waals surface area contributed by atoms with Crippen LogP contribution >= 0.6 is 11.6 Å². The maximum atomic E-state index is 12.6. The molecule has 11 nitrogen and oxygen atoms in total. The van der Waals surface area contributed by atoms with Crippen molar-refractivity contribution >= 4 is 34.9 Å². The summed E-state index contributed by atoms with van der Waals surface area (Å²) in [6.07, 6.45) is 3.25. The number of anilines is 3. The van der Waals surface area contributed by atoms with E-state index in [-0.39, 0.29) is 37.7 Å². The van der Waals surface area contributed by atoms with Gasteiger partial charge in [-0.1, -0.05) is 54.1 Å². The van der Waals surface area contributed by atoms with Crippen LogP contribution < -0.4 is 25.0 Å². The molecule has 3 fully saturated rings. The van der Waals surface area contributed by atoms with E-state index in [4.69, 9.17) is 36.3 Å². The van der Waals surface area contributed by atoms with Gasteiger partial charge in [0.25, 0.3) is 0 Å². The molecule has 3 aromatic carbocycles. The lowest BCUT2D eigenvalue weighted by atomic mass is 10.1. The normalized spacial score (nSPS) is 19.2. The first-order chi connectivity index (χ1) is 23.9. The third kappa shape index (κ3) is 7.47. The van der Waals surface area contributed by atoms with Gasteiger partial charge in [0, 0.05) is 80.6 Å². The Hall–Kier alpha value is -4.74. The average molecular weight is 685 g/mol. The van der Waals surface area contributed by atoms with Crippen LogP contribution in [-0.4, -0.2) is 79.5 Å². The molecule has 7 rings (SSSR count). The fourth-order valence-electron chi connectivity index (χ4n) is 7.15. The number of hydrogen-bond acceptors (Lipinski definition) is 10. The maximum absolute atomic E-state index is 12.6. The van der Waals surface area contributed by atoms with E-state index in [0.29, 0.717) is 35.4 Å². The number of nitrogen functional groups attached to an aromatic ring is 1. The molecule has 49 heavy (non-hydrogen) atoms. The summed E-state index contributed by atoms with van der Waals surface area (Å²) >= 11 is 6.68. The largest absolute Gasteiger partial charge is 0.490 e. The number of amides is 1. The van der Waals surface area contributed by atoms with Gasteiger partial charge in [-0.25, -0.2) is 4.79 Å². The number of ether oxygens (including phenoxy) is 4. The minimum absolute atomic E-state index is 0.0144. The lowest BCUT2D eigenvalue weighted by Gasteiger charge is -2.43. The molecular formula is C37H41ClN6O5. The van der Waals surface area contributed by atoms with Crippen molar-refractivity contribution in [1.29, 1.82) is 0 Å². The number of piperazine rings is 1. The number of aromatic nitrogens is 2. The van der Waals surface area contributed by atoms with Gasteiger partial charge in [0.15, 0.2) is 12.6 Å². The summed E-state index contributed by atoms with van der Waals surface area (Å²) in [5, 5.41) is 9.38.